The normalized spacial score (nSPS) is 32.3. The van der Waals surface area contributed by atoms with Crippen molar-refractivity contribution in [1.82, 2.24) is 10.2 Å². The van der Waals surface area contributed by atoms with Crippen LogP contribution in [-0.4, -0.2) is 55.3 Å². The first kappa shape index (κ1) is 16.3. The highest BCUT2D eigenvalue weighted by atomic mass is 32.2. The number of piperazine rings is 1. The van der Waals surface area contributed by atoms with Gasteiger partial charge in [0.05, 0.1) is 11.5 Å². The Morgan fingerprint density at radius 1 is 1.29 bits per heavy atom. The van der Waals surface area contributed by atoms with E-state index in [1.54, 1.807) is 4.90 Å². The Bertz CT molecular complexity index is 517. The lowest BCUT2D eigenvalue weighted by molar-refractivity contribution is -0.150. The fraction of sp³-hybridized carbons (Fsp3) is 0.857. The zero-order chi connectivity index (χ0) is 15.6. The highest BCUT2D eigenvalue weighted by Crippen LogP contribution is 2.23. The van der Waals surface area contributed by atoms with Crippen LogP contribution in [0, 0.1) is 5.92 Å². The van der Waals surface area contributed by atoms with Crippen LogP contribution in [0.1, 0.15) is 39.5 Å². The van der Waals surface area contributed by atoms with Crippen LogP contribution in [-0.2, 0) is 19.4 Å². The standard InChI is InChI=1S/C14H24N2O4S/c1-3-5-11-14(18)16(12(4-2)13(17)15-11)8-10-6-7-21(19,20)9-10/h10-12H,3-9H2,1-2H3,(H,15,17). The van der Waals surface area contributed by atoms with Crippen LogP contribution < -0.4 is 5.32 Å². The average Bonchev–Trinajstić information content (AvgIpc) is 2.75. The van der Waals surface area contributed by atoms with Gasteiger partial charge in [-0.05, 0) is 25.2 Å². The average molecular weight is 316 g/mol. The summed E-state index contributed by atoms with van der Waals surface area (Å²) in [5.74, 6) is 0.110. The maximum atomic E-state index is 12.5. The molecular weight excluding hydrogens is 292 g/mol. The number of nitrogens with zero attached hydrogens (tertiary/aromatic N) is 1. The molecule has 0 aliphatic carbocycles. The van der Waals surface area contributed by atoms with E-state index in [4.69, 9.17) is 0 Å². The molecule has 120 valence electrons. The minimum absolute atomic E-state index is 0.0406. The number of carbonyl (C=O) groups is 2. The van der Waals surface area contributed by atoms with Crippen LogP contribution in [0.5, 0.6) is 0 Å². The van der Waals surface area contributed by atoms with Gasteiger partial charge in [0.2, 0.25) is 11.8 Å². The molecule has 0 aromatic rings. The zero-order valence-corrected chi connectivity index (χ0v) is 13.5. The molecule has 0 spiro atoms. The lowest BCUT2D eigenvalue weighted by atomic mass is 9.99. The van der Waals surface area contributed by atoms with Crippen LogP contribution in [0.3, 0.4) is 0 Å². The number of nitrogens with one attached hydrogen (secondary N) is 1. The van der Waals surface area contributed by atoms with Crippen molar-refractivity contribution in [3.05, 3.63) is 0 Å². The summed E-state index contributed by atoms with van der Waals surface area (Å²) in [7, 11) is -2.96. The molecule has 0 saturated carbocycles. The molecule has 7 heteroatoms. The van der Waals surface area contributed by atoms with Gasteiger partial charge >= 0.3 is 0 Å². The molecule has 3 unspecified atom stereocenters. The van der Waals surface area contributed by atoms with Crippen LogP contribution in [0.25, 0.3) is 0 Å². The summed E-state index contributed by atoms with van der Waals surface area (Å²) < 4.78 is 23.1. The van der Waals surface area contributed by atoms with Gasteiger partial charge in [0, 0.05) is 6.54 Å². The minimum Gasteiger partial charge on any atom is -0.343 e. The summed E-state index contributed by atoms with van der Waals surface area (Å²) in [6.07, 6.45) is 2.58. The smallest absolute Gasteiger partial charge is 0.245 e. The lowest BCUT2D eigenvalue weighted by Gasteiger charge is -2.39. The third-order valence-electron chi connectivity index (χ3n) is 4.32. The fourth-order valence-corrected chi connectivity index (χ4v) is 5.08. The van der Waals surface area contributed by atoms with Crippen LogP contribution in [0.4, 0.5) is 0 Å². The van der Waals surface area contributed by atoms with Crippen molar-refractivity contribution in [1.29, 1.82) is 0 Å². The molecule has 1 N–H and O–H groups in total. The van der Waals surface area contributed by atoms with E-state index in [1.807, 2.05) is 13.8 Å². The predicted octanol–water partition coefficient (Wildman–Crippen LogP) is 0.327. The van der Waals surface area contributed by atoms with Crippen molar-refractivity contribution in [2.24, 2.45) is 5.92 Å². The molecule has 2 saturated heterocycles. The molecule has 2 heterocycles. The van der Waals surface area contributed by atoms with Crippen LogP contribution >= 0.6 is 0 Å². The second-order valence-corrected chi connectivity index (χ2v) is 8.26. The third kappa shape index (κ3) is 3.56. The Morgan fingerprint density at radius 2 is 2.00 bits per heavy atom. The molecule has 2 fully saturated rings. The van der Waals surface area contributed by atoms with Crippen molar-refractivity contribution in [3.8, 4) is 0 Å². The maximum Gasteiger partial charge on any atom is 0.245 e. The van der Waals surface area contributed by atoms with Gasteiger partial charge < -0.3 is 10.2 Å². The molecule has 6 nitrogen and oxygen atoms in total. The van der Waals surface area contributed by atoms with Gasteiger partial charge in [0.1, 0.15) is 12.1 Å². The van der Waals surface area contributed by atoms with E-state index in [2.05, 4.69) is 5.32 Å². The number of hydrogen-bond donors (Lipinski definition) is 1. The molecule has 2 aliphatic rings. The van der Waals surface area contributed by atoms with E-state index < -0.39 is 21.9 Å². The summed E-state index contributed by atoms with van der Waals surface area (Å²) in [6.45, 7) is 4.22. The first-order chi connectivity index (χ1) is 9.88. The molecule has 2 aliphatic heterocycles. The summed E-state index contributed by atoms with van der Waals surface area (Å²) >= 11 is 0. The van der Waals surface area contributed by atoms with E-state index in [-0.39, 0.29) is 29.2 Å². The highest BCUT2D eigenvalue weighted by Gasteiger charge is 2.41. The predicted molar refractivity (Wildman–Crippen MR) is 79.4 cm³/mol. The second-order valence-electron chi connectivity index (χ2n) is 6.03. The number of amides is 2. The van der Waals surface area contributed by atoms with E-state index >= 15 is 0 Å². The van der Waals surface area contributed by atoms with E-state index in [9.17, 15) is 18.0 Å². The van der Waals surface area contributed by atoms with Gasteiger partial charge in [-0.3, -0.25) is 9.59 Å². The second kappa shape index (κ2) is 6.34. The SMILES string of the molecule is CCCC1NC(=O)C(CC)N(CC2CCS(=O)(=O)C2)C1=O. The number of sulfone groups is 1. The quantitative estimate of drug-likeness (QED) is 0.792. The lowest BCUT2D eigenvalue weighted by Crippen LogP contribution is -2.63. The maximum absolute atomic E-state index is 12.5. The molecule has 3 atom stereocenters. The summed E-state index contributed by atoms with van der Waals surface area (Å²) in [6, 6.07) is -0.919. The molecule has 0 bridgehead atoms. The van der Waals surface area contributed by atoms with E-state index in [0.29, 0.717) is 25.8 Å². The van der Waals surface area contributed by atoms with Gasteiger partial charge in [-0.15, -0.1) is 0 Å². The molecule has 0 aromatic heterocycles. The molecular formula is C14H24N2O4S. The molecule has 21 heavy (non-hydrogen) atoms. The van der Waals surface area contributed by atoms with Gasteiger partial charge in [-0.1, -0.05) is 20.3 Å². The Morgan fingerprint density at radius 3 is 2.52 bits per heavy atom. The Balaban J connectivity index is 2.12. The van der Waals surface area contributed by atoms with Crippen molar-refractivity contribution < 1.29 is 18.0 Å². The molecule has 0 radical (unpaired) electrons. The van der Waals surface area contributed by atoms with E-state index in [0.717, 1.165) is 6.42 Å². The zero-order valence-electron chi connectivity index (χ0n) is 12.7. The number of rotatable bonds is 5. The Labute approximate surface area is 126 Å². The third-order valence-corrected chi connectivity index (χ3v) is 6.16. The summed E-state index contributed by atoms with van der Waals surface area (Å²) in [5, 5.41) is 2.79. The summed E-state index contributed by atoms with van der Waals surface area (Å²) in [5.41, 5.74) is 0. The largest absolute Gasteiger partial charge is 0.343 e. The van der Waals surface area contributed by atoms with Crippen molar-refractivity contribution in [2.45, 2.75) is 51.6 Å². The van der Waals surface area contributed by atoms with Crippen molar-refractivity contribution in [3.63, 3.8) is 0 Å². The fourth-order valence-electron chi connectivity index (χ4n) is 3.23. The Hall–Kier alpha value is -1.11. The summed E-state index contributed by atoms with van der Waals surface area (Å²) in [4.78, 5) is 26.3. The highest BCUT2D eigenvalue weighted by molar-refractivity contribution is 7.91. The topological polar surface area (TPSA) is 83.6 Å². The molecule has 2 amide bonds. The van der Waals surface area contributed by atoms with Crippen molar-refractivity contribution >= 4 is 21.7 Å². The van der Waals surface area contributed by atoms with Gasteiger partial charge in [0.15, 0.2) is 9.84 Å². The van der Waals surface area contributed by atoms with E-state index in [1.165, 1.54) is 0 Å². The van der Waals surface area contributed by atoms with Gasteiger partial charge in [-0.2, -0.15) is 0 Å². The molecule has 2 rings (SSSR count). The van der Waals surface area contributed by atoms with Crippen molar-refractivity contribution in [2.75, 3.05) is 18.1 Å². The number of carbonyl (C=O) groups excluding carboxylic acids is 2. The number of hydrogen-bond acceptors (Lipinski definition) is 4. The van der Waals surface area contributed by atoms with Crippen LogP contribution in [0.2, 0.25) is 0 Å². The Kier molecular flexibility index (Phi) is 4.91. The monoisotopic (exact) mass is 316 g/mol. The minimum atomic E-state index is -2.96. The first-order valence-corrected chi connectivity index (χ1v) is 9.51. The van der Waals surface area contributed by atoms with Crippen LogP contribution in [0.15, 0.2) is 0 Å². The molecule has 0 aromatic carbocycles. The van der Waals surface area contributed by atoms with Gasteiger partial charge in [0.25, 0.3) is 0 Å². The first-order valence-electron chi connectivity index (χ1n) is 7.69. The van der Waals surface area contributed by atoms with Gasteiger partial charge in [-0.25, -0.2) is 8.42 Å².